The van der Waals surface area contributed by atoms with Crippen LogP contribution in [0.2, 0.25) is 13.7 Å². The van der Waals surface area contributed by atoms with Crippen LogP contribution in [-0.4, -0.2) is 38.9 Å². The Morgan fingerprint density at radius 3 is 2.69 bits per heavy atom. The molecular weight excluding hydrogens is 497 g/mol. The molecule has 1 aromatic carbocycles. The van der Waals surface area contributed by atoms with Crippen molar-refractivity contribution in [3.63, 3.8) is 0 Å². The van der Waals surface area contributed by atoms with Gasteiger partial charge in [0.25, 0.3) is 0 Å². The molecule has 166 valence electrons. The first-order chi connectivity index (χ1) is 15.2. The number of aromatic carboxylic acids is 1. The number of nitrogens with one attached hydrogen (secondary N) is 2. The minimum absolute atomic E-state index is 0.0435. The van der Waals surface area contributed by atoms with Gasteiger partial charge >= 0.3 is 5.97 Å². The van der Waals surface area contributed by atoms with E-state index in [4.69, 9.17) is 34.8 Å². The Labute approximate surface area is 202 Å². The van der Waals surface area contributed by atoms with Gasteiger partial charge in [-0.2, -0.15) is 4.98 Å². The number of carbonyl (C=O) groups is 2. The van der Waals surface area contributed by atoms with E-state index in [1.54, 1.807) is 11.9 Å². The van der Waals surface area contributed by atoms with E-state index in [-0.39, 0.29) is 42.6 Å². The zero-order valence-corrected chi connectivity index (χ0v) is 19.7. The first-order valence-electron chi connectivity index (χ1n) is 9.36. The molecule has 0 radical (unpaired) electrons. The van der Waals surface area contributed by atoms with Gasteiger partial charge in [0.15, 0.2) is 5.82 Å². The minimum atomic E-state index is -1.22. The van der Waals surface area contributed by atoms with Crippen LogP contribution in [0.4, 0.5) is 23.1 Å². The second kappa shape index (κ2) is 9.11. The predicted octanol–water partition coefficient (Wildman–Crippen LogP) is 5.59. The van der Waals surface area contributed by atoms with Gasteiger partial charge in [-0.15, -0.1) is 11.3 Å². The van der Waals surface area contributed by atoms with Crippen molar-refractivity contribution in [2.75, 3.05) is 17.7 Å². The van der Waals surface area contributed by atoms with Gasteiger partial charge in [-0.25, -0.2) is 9.78 Å². The average Bonchev–Trinajstić information content (AvgIpc) is 2.93. The number of thiophene rings is 1. The number of benzene rings is 1. The van der Waals surface area contributed by atoms with E-state index < -0.39 is 5.97 Å². The lowest BCUT2D eigenvalue weighted by atomic mass is 10.0. The molecule has 3 N–H and O–H groups in total. The van der Waals surface area contributed by atoms with E-state index in [2.05, 4.69) is 20.6 Å². The van der Waals surface area contributed by atoms with Crippen LogP contribution in [0.15, 0.2) is 24.4 Å². The molecule has 4 rings (SSSR count). The molecule has 32 heavy (non-hydrogen) atoms. The van der Waals surface area contributed by atoms with Crippen molar-refractivity contribution < 1.29 is 14.7 Å². The van der Waals surface area contributed by atoms with E-state index in [1.165, 1.54) is 6.20 Å². The van der Waals surface area contributed by atoms with E-state index in [0.29, 0.717) is 19.4 Å². The second-order valence-electron chi connectivity index (χ2n) is 7.08. The van der Waals surface area contributed by atoms with Crippen LogP contribution in [0, 0.1) is 0 Å². The molecule has 0 saturated heterocycles. The molecule has 1 aliphatic heterocycles. The molecule has 8 nitrogen and oxygen atoms in total. The van der Waals surface area contributed by atoms with Crippen molar-refractivity contribution >= 4 is 81.2 Å². The summed E-state index contributed by atoms with van der Waals surface area (Å²) >= 11 is 19.3. The fraction of sp³-hybridized carbons (Fsp3) is 0.200. The van der Waals surface area contributed by atoms with Gasteiger partial charge in [0.2, 0.25) is 11.9 Å². The summed E-state index contributed by atoms with van der Waals surface area (Å²) in [6.07, 6.45) is 2.57. The first kappa shape index (κ1) is 22.6. The maximum atomic E-state index is 12.0. The molecule has 0 aliphatic carbocycles. The number of aryl methyl sites for hydroxylation is 1. The molecule has 1 amide bonds. The van der Waals surface area contributed by atoms with Gasteiger partial charge in [-0.1, -0.05) is 40.9 Å². The van der Waals surface area contributed by atoms with Crippen LogP contribution < -0.4 is 10.6 Å². The Balaban J connectivity index is 1.60. The summed E-state index contributed by atoms with van der Waals surface area (Å²) in [5.74, 6) is -0.703. The smallest absolute Gasteiger partial charge is 0.340 e. The number of hydrogen-bond donors (Lipinski definition) is 3. The van der Waals surface area contributed by atoms with Gasteiger partial charge in [0, 0.05) is 25.7 Å². The third-order valence-corrected chi connectivity index (χ3v) is 6.81. The highest BCUT2D eigenvalue weighted by atomic mass is 35.5. The maximum absolute atomic E-state index is 12.0. The van der Waals surface area contributed by atoms with Gasteiger partial charge in [-0.3, -0.25) is 4.79 Å². The zero-order valence-electron chi connectivity index (χ0n) is 16.6. The summed E-state index contributed by atoms with van der Waals surface area (Å²) in [6.45, 7) is 0.521. The third-order valence-electron chi connectivity index (χ3n) is 4.93. The lowest BCUT2D eigenvalue weighted by Gasteiger charge is -2.15. The number of carboxylic acid groups (broad SMARTS) is 1. The highest BCUT2D eigenvalue weighted by Gasteiger charge is 2.23. The Morgan fingerprint density at radius 2 is 1.94 bits per heavy atom. The fourth-order valence-corrected chi connectivity index (χ4v) is 5.05. The quantitative estimate of drug-likeness (QED) is 0.409. The summed E-state index contributed by atoms with van der Waals surface area (Å²) in [7, 11) is 1.78. The standard InChI is InChI=1S/C20H16Cl3N5O3S/c1-28-8-10-6-11(4-2-9(10)3-5-13(28)29)25-20-24-7-12(21)18(27-20)26-15-14(19(30)31)16(22)32-17(15)23/h2,4,6-7H,3,5,8H2,1H3,(H,30,31)(H2,24,25,26,27). The number of rotatable bonds is 5. The predicted molar refractivity (Wildman–Crippen MR) is 126 cm³/mol. The van der Waals surface area contributed by atoms with Crippen LogP contribution in [0.25, 0.3) is 0 Å². The van der Waals surface area contributed by atoms with Crippen LogP contribution in [0.3, 0.4) is 0 Å². The van der Waals surface area contributed by atoms with Gasteiger partial charge in [-0.05, 0) is 29.7 Å². The molecule has 12 heteroatoms. The molecule has 0 saturated carbocycles. The highest BCUT2D eigenvalue weighted by Crippen LogP contribution is 2.42. The van der Waals surface area contributed by atoms with Crippen molar-refractivity contribution in [2.45, 2.75) is 19.4 Å². The number of amides is 1. The molecule has 0 unspecified atom stereocenters. The number of carboxylic acids is 1. The van der Waals surface area contributed by atoms with E-state index in [0.717, 1.165) is 28.2 Å². The monoisotopic (exact) mass is 511 g/mol. The number of carbonyl (C=O) groups excluding carboxylic acids is 1. The lowest BCUT2D eigenvalue weighted by molar-refractivity contribution is -0.130. The number of anilines is 4. The summed E-state index contributed by atoms with van der Waals surface area (Å²) in [5, 5.41) is 15.6. The van der Waals surface area contributed by atoms with E-state index in [1.807, 2.05) is 18.2 Å². The number of aromatic nitrogens is 2. The van der Waals surface area contributed by atoms with Crippen LogP contribution in [0.1, 0.15) is 27.9 Å². The average molecular weight is 513 g/mol. The fourth-order valence-electron chi connectivity index (χ4n) is 3.31. The highest BCUT2D eigenvalue weighted by molar-refractivity contribution is 7.21. The summed E-state index contributed by atoms with van der Waals surface area (Å²) in [5.41, 5.74) is 2.86. The van der Waals surface area contributed by atoms with Gasteiger partial charge < -0.3 is 20.6 Å². The lowest BCUT2D eigenvalue weighted by Crippen LogP contribution is -2.24. The van der Waals surface area contributed by atoms with Crippen LogP contribution >= 0.6 is 46.1 Å². The first-order valence-corrected chi connectivity index (χ1v) is 11.3. The Bertz CT molecular complexity index is 1230. The van der Waals surface area contributed by atoms with Crippen molar-refractivity contribution in [2.24, 2.45) is 0 Å². The topological polar surface area (TPSA) is 107 Å². The summed E-state index contributed by atoms with van der Waals surface area (Å²) < 4.78 is 0.211. The zero-order chi connectivity index (χ0) is 23.0. The molecule has 0 fully saturated rings. The molecule has 3 heterocycles. The Morgan fingerprint density at radius 1 is 1.16 bits per heavy atom. The number of halogens is 3. The Kier molecular flexibility index (Phi) is 6.43. The van der Waals surface area contributed by atoms with E-state index >= 15 is 0 Å². The third kappa shape index (κ3) is 4.61. The van der Waals surface area contributed by atoms with Crippen LogP contribution in [-0.2, 0) is 17.8 Å². The molecular formula is C20H16Cl3N5O3S. The second-order valence-corrected chi connectivity index (χ2v) is 9.71. The van der Waals surface area contributed by atoms with Crippen molar-refractivity contribution in [1.82, 2.24) is 14.9 Å². The normalized spacial score (nSPS) is 13.5. The molecule has 3 aromatic rings. The van der Waals surface area contributed by atoms with Gasteiger partial charge in [0.1, 0.15) is 19.3 Å². The number of nitrogens with zero attached hydrogens (tertiary/aromatic N) is 3. The molecule has 0 atom stereocenters. The van der Waals surface area contributed by atoms with Crippen molar-refractivity contribution in [3.8, 4) is 0 Å². The summed E-state index contributed by atoms with van der Waals surface area (Å²) in [6, 6.07) is 5.82. The maximum Gasteiger partial charge on any atom is 0.340 e. The van der Waals surface area contributed by atoms with Crippen LogP contribution in [0.5, 0.6) is 0 Å². The van der Waals surface area contributed by atoms with Crippen molar-refractivity contribution in [3.05, 3.63) is 54.8 Å². The van der Waals surface area contributed by atoms with Crippen molar-refractivity contribution in [1.29, 1.82) is 0 Å². The SMILES string of the molecule is CN1Cc2cc(Nc3ncc(Cl)c(Nc4c(Cl)sc(Cl)c4C(=O)O)n3)ccc2CCC1=O. The van der Waals surface area contributed by atoms with E-state index in [9.17, 15) is 14.7 Å². The summed E-state index contributed by atoms with van der Waals surface area (Å²) in [4.78, 5) is 33.8. The largest absolute Gasteiger partial charge is 0.478 e. The number of fused-ring (bicyclic) bond motifs is 1. The molecule has 1 aliphatic rings. The minimum Gasteiger partial charge on any atom is -0.478 e. The van der Waals surface area contributed by atoms with Gasteiger partial charge in [0.05, 0.1) is 11.9 Å². The molecule has 2 aromatic heterocycles. The molecule has 0 bridgehead atoms. The number of hydrogen-bond acceptors (Lipinski definition) is 7. The Hall–Kier alpha value is -2.59. The molecule has 0 spiro atoms.